The molecule has 0 unspecified atom stereocenters. The third-order valence-electron chi connectivity index (χ3n) is 2.20. The van der Waals surface area contributed by atoms with Crippen LogP contribution in [0.1, 0.15) is 17.3 Å². The van der Waals surface area contributed by atoms with Gasteiger partial charge in [-0.3, -0.25) is 4.79 Å². The summed E-state index contributed by atoms with van der Waals surface area (Å²) in [6.45, 7) is 2.37. The van der Waals surface area contributed by atoms with Crippen molar-refractivity contribution < 1.29 is 14.3 Å². The summed E-state index contributed by atoms with van der Waals surface area (Å²) in [5, 5.41) is 9.55. The van der Waals surface area contributed by atoms with E-state index in [0.29, 0.717) is 18.7 Å². The molecule has 1 aromatic rings. The summed E-state index contributed by atoms with van der Waals surface area (Å²) in [6, 6.07) is 1.53. The molecule has 2 heterocycles. The number of hydrogen-bond donors (Lipinski definition) is 1. The molecule has 1 amide bonds. The number of β-amino-alcohol motifs (C(OH)–C–C–N with tert-alkyl or cyclic N) is 1. The number of halogens is 1. The van der Waals surface area contributed by atoms with E-state index in [-0.39, 0.29) is 11.1 Å². The fourth-order valence-electron chi connectivity index (χ4n) is 1.54. The van der Waals surface area contributed by atoms with Crippen molar-refractivity contribution in [3.05, 3.63) is 23.1 Å². The van der Waals surface area contributed by atoms with Gasteiger partial charge in [0.15, 0.2) is 0 Å². The van der Waals surface area contributed by atoms with Crippen LogP contribution in [0.4, 0.5) is 0 Å². The smallest absolute Gasteiger partial charge is 0.258 e. The predicted molar refractivity (Wildman–Crippen MR) is 50.2 cm³/mol. The normalized spacial score (nSPS) is 19.2. The van der Waals surface area contributed by atoms with Gasteiger partial charge in [-0.05, 0) is 24.6 Å². The standard InChI is InChI=1S/C9H10ClNO3/c1-9(13)4-11(5-9)8(12)6-2-3-14-7(6)10/h2-3,13H,4-5H2,1H3. The fourth-order valence-corrected chi connectivity index (χ4v) is 1.73. The molecule has 1 aliphatic rings. The molecule has 0 aliphatic carbocycles. The van der Waals surface area contributed by atoms with Crippen LogP contribution in [0.15, 0.2) is 16.7 Å². The molecule has 1 fully saturated rings. The first-order chi connectivity index (χ1) is 6.49. The van der Waals surface area contributed by atoms with E-state index in [0.717, 1.165) is 0 Å². The van der Waals surface area contributed by atoms with Crippen LogP contribution in [0.5, 0.6) is 0 Å². The van der Waals surface area contributed by atoms with Crippen molar-refractivity contribution in [2.45, 2.75) is 12.5 Å². The molecule has 4 nitrogen and oxygen atoms in total. The third kappa shape index (κ3) is 1.51. The van der Waals surface area contributed by atoms with E-state index in [4.69, 9.17) is 16.0 Å². The Morgan fingerprint density at radius 1 is 1.71 bits per heavy atom. The SMILES string of the molecule is CC1(O)CN(C(=O)c2ccoc2Cl)C1. The molecule has 0 radical (unpaired) electrons. The average molecular weight is 216 g/mol. The van der Waals surface area contributed by atoms with Gasteiger partial charge >= 0.3 is 0 Å². The second kappa shape index (κ2) is 3.00. The van der Waals surface area contributed by atoms with Gasteiger partial charge in [0.2, 0.25) is 5.22 Å². The molecule has 1 N–H and O–H groups in total. The predicted octanol–water partition coefficient (Wildman–Crippen LogP) is 1.14. The summed E-state index contributed by atoms with van der Waals surface area (Å²) in [6.07, 6.45) is 1.37. The Labute approximate surface area is 86.1 Å². The van der Waals surface area contributed by atoms with Crippen LogP contribution in [0.3, 0.4) is 0 Å². The molecule has 5 heteroatoms. The first-order valence-electron chi connectivity index (χ1n) is 4.24. The maximum atomic E-state index is 11.7. The van der Waals surface area contributed by atoms with E-state index < -0.39 is 5.60 Å². The molecule has 0 aromatic carbocycles. The van der Waals surface area contributed by atoms with Gasteiger partial charge in [0.1, 0.15) is 0 Å². The zero-order chi connectivity index (χ0) is 10.3. The highest BCUT2D eigenvalue weighted by molar-refractivity contribution is 6.32. The van der Waals surface area contributed by atoms with Crippen molar-refractivity contribution in [2.75, 3.05) is 13.1 Å². The number of amides is 1. The van der Waals surface area contributed by atoms with E-state index in [2.05, 4.69) is 0 Å². The minimum absolute atomic E-state index is 0.0987. The van der Waals surface area contributed by atoms with Gasteiger partial charge in [0.05, 0.1) is 30.5 Å². The first-order valence-corrected chi connectivity index (χ1v) is 4.62. The van der Waals surface area contributed by atoms with Gasteiger partial charge in [-0.2, -0.15) is 0 Å². The molecule has 0 bridgehead atoms. The van der Waals surface area contributed by atoms with Crippen molar-refractivity contribution in [1.82, 2.24) is 4.90 Å². The third-order valence-corrected chi connectivity index (χ3v) is 2.49. The minimum atomic E-state index is -0.758. The van der Waals surface area contributed by atoms with Gasteiger partial charge in [-0.1, -0.05) is 0 Å². The Bertz CT molecular complexity index is 364. The molecular formula is C9H10ClNO3. The van der Waals surface area contributed by atoms with Crippen LogP contribution in [-0.4, -0.2) is 34.6 Å². The van der Waals surface area contributed by atoms with Crippen LogP contribution in [0.2, 0.25) is 5.22 Å². The molecule has 0 atom stereocenters. The molecule has 1 saturated heterocycles. The van der Waals surface area contributed by atoms with E-state index >= 15 is 0 Å². The van der Waals surface area contributed by atoms with Crippen molar-refractivity contribution in [3.8, 4) is 0 Å². The summed E-state index contributed by atoms with van der Waals surface area (Å²) in [7, 11) is 0. The van der Waals surface area contributed by atoms with Crippen molar-refractivity contribution in [1.29, 1.82) is 0 Å². The Hall–Kier alpha value is -1.00. The largest absolute Gasteiger partial charge is 0.452 e. The zero-order valence-corrected chi connectivity index (χ0v) is 8.41. The van der Waals surface area contributed by atoms with Crippen molar-refractivity contribution in [3.63, 3.8) is 0 Å². The second-order valence-corrected chi connectivity index (χ2v) is 4.11. The first kappa shape index (κ1) is 9.55. The lowest BCUT2D eigenvalue weighted by molar-refractivity contribution is -0.0668. The molecule has 0 saturated carbocycles. The van der Waals surface area contributed by atoms with E-state index in [9.17, 15) is 9.90 Å². The summed E-state index contributed by atoms with van der Waals surface area (Å²) in [5.74, 6) is -0.199. The number of aliphatic hydroxyl groups is 1. The number of hydrogen-bond acceptors (Lipinski definition) is 3. The highest BCUT2D eigenvalue weighted by Gasteiger charge is 2.40. The van der Waals surface area contributed by atoms with Gasteiger partial charge in [-0.15, -0.1) is 0 Å². The number of carbonyl (C=O) groups is 1. The maximum absolute atomic E-state index is 11.7. The molecule has 1 aromatic heterocycles. The Kier molecular flexibility index (Phi) is 2.05. The fraction of sp³-hybridized carbons (Fsp3) is 0.444. The van der Waals surface area contributed by atoms with E-state index in [1.807, 2.05) is 0 Å². The lowest BCUT2D eigenvalue weighted by Gasteiger charge is -2.43. The minimum Gasteiger partial charge on any atom is -0.452 e. The van der Waals surface area contributed by atoms with Crippen molar-refractivity contribution >= 4 is 17.5 Å². The topological polar surface area (TPSA) is 53.7 Å². The van der Waals surface area contributed by atoms with Crippen LogP contribution in [-0.2, 0) is 0 Å². The Morgan fingerprint density at radius 3 is 2.79 bits per heavy atom. The van der Waals surface area contributed by atoms with Gasteiger partial charge in [0, 0.05) is 0 Å². The van der Waals surface area contributed by atoms with Gasteiger partial charge < -0.3 is 14.4 Å². The highest BCUT2D eigenvalue weighted by Crippen LogP contribution is 2.25. The highest BCUT2D eigenvalue weighted by atomic mass is 35.5. The summed E-state index contributed by atoms with van der Waals surface area (Å²) < 4.78 is 4.81. The lowest BCUT2D eigenvalue weighted by Crippen LogP contribution is -2.61. The molecule has 14 heavy (non-hydrogen) atoms. The van der Waals surface area contributed by atoms with Crippen molar-refractivity contribution in [2.24, 2.45) is 0 Å². The average Bonchev–Trinajstić information content (AvgIpc) is 2.45. The summed E-state index contributed by atoms with van der Waals surface area (Å²) >= 11 is 5.65. The number of rotatable bonds is 1. The van der Waals surface area contributed by atoms with Crippen LogP contribution >= 0.6 is 11.6 Å². The molecule has 0 spiro atoms. The summed E-state index contributed by atoms with van der Waals surface area (Å²) in [4.78, 5) is 13.2. The quantitative estimate of drug-likeness (QED) is 0.765. The number of likely N-dealkylation sites (tertiary alicyclic amines) is 1. The van der Waals surface area contributed by atoms with E-state index in [1.165, 1.54) is 17.2 Å². The Balaban J connectivity index is 2.08. The number of furan rings is 1. The van der Waals surface area contributed by atoms with Crippen LogP contribution < -0.4 is 0 Å². The lowest BCUT2D eigenvalue weighted by atomic mass is 9.96. The molecule has 1 aliphatic heterocycles. The maximum Gasteiger partial charge on any atom is 0.258 e. The molecular weight excluding hydrogens is 206 g/mol. The molecule has 76 valence electrons. The number of nitrogens with zero attached hydrogens (tertiary/aromatic N) is 1. The van der Waals surface area contributed by atoms with Crippen LogP contribution in [0.25, 0.3) is 0 Å². The van der Waals surface area contributed by atoms with Gasteiger partial charge in [-0.25, -0.2) is 0 Å². The zero-order valence-electron chi connectivity index (χ0n) is 7.66. The molecule has 2 rings (SSSR count). The van der Waals surface area contributed by atoms with E-state index in [1.54, 1.807) is 6.92 Å². The van der Waals surface area contributed by atoms with Gasteiger partial charge in [0.25, 0.3) is 5.91 Å². The van der Waals surface area contributed by atoms with Crippen LogP contribution in [0, 0.1) is 0 Å². The Morgan fingerprint density at radius 2 is 2.36 bits per heavy atom. The monoisotopic (exact) mass is 215 g/mol. The summed E-state index contributed by atoms with van der Waals surface area (Å²) in [5.41, 5.74) is -0.409. The number of carbonyl (C=O) groups excluding carboxylic acids is 1. The second-order valence-electron chi connectivity index (χ2n) is 3.77.